The summed E-state index contributed by atoms with van der Waals surface area (Å²) in [6.45, 7) is 0. The van der Waals surface area contributed by atoms with Crippen molar-refractivity contribution in [2.24, 2.45) is 5.73 Å². The minimum Gasteiger partial charge on any atom is -0.477 e. The fourth-order valence-corrected chi connectivity index (χ4v) is 1.85. The first kappa shape index (κ1) is 8.25. The molecule has 0 unspecified atom stereocenters. The Morgan fingerprint density at radius 1 is 1.69 bits per heavy atom. The number of carbonyl (C=O) groups excluding carboxylic acids is 1. The van der Waals surface area contributed by atoms with E-state index in [2.05, 4.69) is 0 Å². The molecule has 5 nitrogen and oxygen atoms in total. The van der Waals surface area contributed by atoms with E-state index in [1.807, 2.05) is 0 Å². The zero-order valence-corrected chi connectivity index (χ0v) is 6.93. The Morgan fingerprint density at radius 3 is 3.00 bits per heavy atom. The van der Waals surface area contributed by atoms with Crippen molar-refractivity contribution < 1.29 is 14.7 Å². The predicted octanol–water partition coefficient (Wildman–Crippen LogP) is -0.713. The van der Waals surface area contributed by atoms with E-state index >= 15 is 0 Å². The first-order valence-electron chi connectivity index (χ1n) is 4.15. The van der Waals surface area contributed by atoms with Gasteiger partial charge in [0, 0.05) is 0 Å². The quantitative estimate of drug-likeness (QED) is 0.524. The number of hydrogen-bond donors (Lipinski definition) is 2. The molecule has 5 heteroatoms. The summed E-state index contributed by atoms with van der Waals surface area (Å²) in [6, 6.07) is -0.591. The molecular weight excluding hydrogens is 172 g/mol. The zero-order chi connectivity index (χ0) is 9.59. The van der Waals surface area contributed by atoms with E-state index < -0.39 is 12.0 Å². The van der Waals surface area contributed by atoms with Crippen LogP contribution in [0.3, 0.4) is 0 Å². The van der Waals surface area contributed by atoms with Crippen LogP contribution in [0.5, 0.6) is 0 Å². The van der Waals surface area contributed by atoms with Crippen molar-refractivity contribution in [2.45, 2.75) is 24.9 Å². The van der Waals surface area contributed by atoms with Crippen LogP contribution in [0.4, 0.5) is 0 Å². The van der Waals surface area contributed by atoms with Crippen LogP contribution >= 0.6 is 0 Å². The average molecular weight is 182 g/mol. The maximum absolute atomic E-state index is 11.2. The summed E-state index contributed by atoms with van der Waals surface area (Å²) in [6.07, 6.45) is 3.02. The molecule has 2 aliphatic rings. The van der Waals surface area contributed by atoms with Gasteiger partial charge in [0.2, 0.25) is 5.91 Å². The highest BCUT2D eigenvalue weighted by Gasteiger charge is 2.49. The summed E-state index contributed by atoms with van der Waals surface area (Å²) < 4.78 is 0. The molecule has 0 saturated carbocycles. The van der Waals surface area contributed by atoms with Crippen molar-refractivity contribution in [3.8, 4) is 0 Å². The van der Waals surface area contributed by atoms with Crippen LogP contribution in [-0.2, 0) is 9.59 Å². The molecule has 2 heterocycles. The van der Waals surface area contributed by atoms with E-state index in [1.54, 1.807) is 6.08 Å². The highest BCUT2D eigenvalue weighted by atomic mass is 16.4. The van der Waals surface area contributed by atoms with Crippen molar-refractivity contribution in [1.29, 1.82) is 0 Å². The zero-order valence-electron chi connectivity index (χ0n) is 6.93. The van der Waals surface area contributed by atoms with Gasteiger partial charge in [0.25, 0.3) is 0 Å². The molecule has 0 radical (unpaired) electrons. The predicted molar refractivity (Wildman–Crippen MR) is 43.6 cm³/mol. The maximum Gasteiger partial charge on any atom is 0.352 e. The summed E-state index contributed by atoms with van der Waals surface area (Å²) in [7, 11) is 0. The Kier molecular flexibility index (Phi) is 1.63. The lowest BCUT2D eigenvalue weighted by Gasteiger charge is -2.47. The molecule has 0 bridgehead atoms. The summed E-state index contributed by atoms with van der Waals surface area (Å²) >= 11 is 0. The van der Waals surface area contributed by atoms with Crippen LogP contribution < -0.4 is 5.73 Å². The van der Waals surface area contributed by atoms with Crippen LogP contribution in [0.2, 0.25) is 0 Å². The number of hydrogen-bond acceptors (Lipinski definition) is 3. The molecule has 2 rings (SSSR count). The topological polar surface area (TPSA) is 83.6 Å². The van der Waals surface area contributed by atoms with Gasteiger partial charge >= 0.3 is 5.97 Å². The molecule has 0 aliphatic carbocycles. The second kappa shape index (κ2) is 2.56. The molecule has 0 aromatic rings. The fourth-order valence-electron chi connectivity index (χ4n) is 1.85. The molecule has 1 saturated heterocycles. The molecule has 3 N–H and O–H groups in total. The fraction of sp³-hybridized carbons (Fsp3) is 0.500. The second-order valence-corrected chi connectivity index (χ2v) is 3.27. The van der Waals surface area contributed by atoms with E-state index in [0.29, 0.717) is 6.42 Å². The Hall–Kier alpha value is -1.36. The number of rotatable bonds is 1. The molecule has 0 aromatic heterocycles. The molecule has 2 aliphatic heterocycles. The highest BCUT2D eigenvalue weighted by Crippen LogP contribution is 2.31. The third-order valence-electron chi connectivity index (χ3n) is 2.55. The van der Waals surface area contributed by atoms with Crippen LogP contribution in [0.25, 0.3) is 0 Å². The number of carbonyl (C=O) groups is 2. The molecule has 1 amide bonds. The Bertz CT molecular complexity index is 311. The van der Waals surface area contributed by atoms with Crippen LogP contribution in [0, 0.1) is 0 Å². The Balaban J connectivity index is 2.27. The number of carboxylic acid groups (broad SMARTS) is 1. The van der Waals surface area contributed by atoms with Crippen molar-refractivity contribution in [3.63, 3.8) is 0 Å². The first-order valence-corrected chi connectivity index (χ1v) is 4.15. The van der Waals surface area contributed by atoms with Crippen molar-refractivity contribution in [2.75, 3.05) is 0 Å². The summed E-state index contributed by atoms with van der Waals surface area (Å²) in [5.41, 5.74) is 5.61. The standard InChI is InChI=1S/C8H10N2O3/c9-6-4-2-1-3-5(8(12)13)10(4)7(6)11/h3-4,6H,1-2,9H2,(H,12,13)/t4-,6+/m0/s1. The van der Waals surface area contributed by atoms with Crippen LogP contribution in [-0.4, -0.2) is 34.0 Å². The number of aliphatic carboxylic acids is 1. The van der Waals surface area contributed by atoms with Gasteiger partial charge in [-0.1, -0.05) is 6.08 Å². The van der Waals surface area contributed by atoms with Gasteiger partial charge < -0.3 is 10.8 Å². The number of β-lactam (4-membered cyclic amide) rings is 1. The Labute approximate surface area is 74.8 Å². The number of allylic oxidation sites excluding steroid dienone is 1. The summed E-state index contributed by atoms with van der Waals surface area (Å²) in [5, 5.41) is 8.76. The van der Waals surface area contributed by atoms with E-state index in [9.17, 15) is 9.59 Å². The maximum atomic E-state index is 11.2. The molecule has 2 atom stereocenters. The van der Waals surface area contributed by atoms with Gasteiger partial charge in [-0.2, -0.15) is 0 Å². The smallest absolute Gasteiger partial charge is 0.352 e. The van der Waals surface area contributed by atoms with Crippen LogP contribution in [0.15, 0.2) is 11.8 Å². The van der Waals surface area contributed by atoms with Crippen molar-refractivity contribution in [3.05, 3.63) is 11.8 Å². The minimum absolute atomic E-state index is 0.0861. The summed E-state index contributed by atoms with van der Waals surface area (Å²) in [4.78, 5) is 23.2. The largest absolute Gasteiger partial charge is 0.477 e. The number of carboxylic acids is 1. The third-order valence-corrected chi connectivity index (χ3v) is 2.55. The molecule has 70 valence electrons. The summed E-state index contributed by atoms with van der Waals surface area (Å²) in [5.74, 6) is -1.33. The van der Waals surface area contributed by atoms with Crippen LogP contribution in [0.1, 0.15) is 12.8 Å². The van der Waals surface area contributed by atoms with Gasteiger partial charge in [0.05, 0.1) is 6.04 Å². The van der Waals surface area contributed by atoms with Gasteiger partial charge in [-0.15, -0.1) is 0 Å². The lowest BCUT2D eigenvalue weighted by molar-refractivity contribution is -0.152. The SMILES string of the molecule is N[C@H]1C(=O)N2C(C(=O)O)=CCC[C@@H]12. The monoisotopic (exact) mass is 182 g/mol. The first-order chi connectivity index (χ1) is 6.13. The van der Waals surface area contributed by atoms with E-state index in [0.717, 1.165) is 6.42 Å². The van der Waals surface area contributed by atoms with E-state index in [-0.39, 0.29) is 17.6 Å². The minimum atomic E-state index is -1.05. The number of amides is 1. The van der Waals surface area contributed by atoms with Gasteiger partial charge in [-0.05, 0) is 12.8 Å². The third kappa shape index (κ3) is 0.968. The average Bonchev–Trinajstić information content (AvgIpc) is 2.15. The van der Waals surface area contributed by atoms with E-state index in [1.165, 1.54) is 4.90 Å². The normalized spacial score (nSPS) is 31.9. The lowest BCUT2D eigenvalue weighted by Crippen LogP contribution is -2.69. The molecule has 1 fully saturated rings. The Morgan fingerprint density at radius 2 is 2.38 bits per heavy atom. The number of fused-ring (bicyclic) bond motifs is 1. The lowest BCUT2D eigenvalue weighted by atomic mass is 9.87. The van der Waals surface area contributed by atoms with Gasteiger partial charge in [0.15, 0.2) is 0 Å². The van der Waals surface area contributed by atoms with Gasteiger partial charge in [0.1, 0.15) is 11.7 Å². The van der Waals surface area contributed by atoms with Gasteiger partial charge in [-0.25, -0.2) is 4.79 Å². The van der Waals surface area contributed by atoms with Crippen molar-refractivity contribution in [1.82, 2.24) is 4.90 Å². The second-order valence-electron chi connectivity index (χ2n) is 3.27. The molecule has 0 aromatic carbocycles. The van der Waals surface area contributed by atoms with Crippen molar-refractivity contribution >= 4 is 11.9 Å². The highest BCUT2D eigenvalue weighted by molar-refractivity contribution is 5.99. The number of nitrogens with two attached hydrogens (primary N) is 1. The molecular formula is C8H10N2O3. The van der Waals surface area contributed by atoms with E-state index in [4.69, 9.17) is 10.8 Å². The molecule has 0 spiro atoms. The van der Waals surface area contributed by atoms with Gasteiger partial charge in [-0.3, -0.25) is 9.69 Å². The molecule has 13 heavy (non-hydrogen) atoms. The number of nitrogens with zero attached hydrogens (tertiary/aromatic N) is 1.